The summed E-state index contributed by atoms with van der Waals surface area (Å²) in [5, 5.41) is 0. The van der Waals surface area contributed by atoms with Crippen LogP contribution in [0.5, 0.6) is 5.75 Å². The Morgan fingerprint density at radius 3 is 2.68 bits per heavy atom. The maximum Gasteiger partial charge on any atom is 0.307 e. The van der Waals surface area contributed by atoms with Gasteiger partial charge in [-0.05, 0) is 37.3 Å². The van der Waals surface area contributed by atoms with Crippen LogP contribution in [0.2, 0.25) is 0 Å². The SMILES string of the molecule is CCOC(=O)CCN(Cc1ccccn1)C(=O)c1cccc(OC)c1. The molecule has 132 valence electrons. The third kappa shape index (κ3) is 5.60. The topological polar surface area (TPSA) is 68.7 Å². The van der Waals surface area contributed by atoms with Crippen LogP contribution in [0.3, 0.4) is 0 Å². The molecular weight excluding hydrogens is 320 g/mol. The summed E-state index contributed by atoms with van der Waals surface area (Å²) in [5.41, 5.74) is 1.25. The Balaban J connectivity index is 2.16. The highest BCUT2D eigenvalue weighted by Gasteiger charge is 2.18. The highest BCUT2D eigenvalue weighted by Crippen LogP contribution is 2.16. The summed E-state index contributed by atoms with van der Waals surface area (Å²) in [7, 11) is 1.55. The Labute approximate surface area is 147 Å². The van der Waals surface area contributed by atoms with E-state index in [0.717, 1.165) is 5.69 Å². The summed E-state index contributed by atoms with van der Waals surface area (Å²) in [6, 6.07) is 12.5. The van der Waals surface area contributed by atoms with Crippen LogP contribution in [0.25, 0.3) is 0 Å². The van der Waals surface area contributed by atoms with Gasteiger partial charge in [0.15, 0.2) is 0 Å². The van der Waals surface area contributed by atoms with Crippen LogP contribution in [0.15, 0.2) is 48.7 Å². The van der Waals surface area contributed by atoms with Crippen LogP contribution in [0.1, 0.15) is 29.4 Å². The van der Waals surface area contributed by atoms with Gasteiger partial charge in [-0.3, -0.25) is 14.6 Å². The number of hydrogen-bond donors (Lipinski definition) is 0. The van der Waals surface area contributed by atoms with Crippen LogP contribution < -0.4 is 4.74 Å². The molecule has 0 N–H and O–H groups in total. The van der Waals surface area contributed by atoms with E-state index in [1.165, 1.54) is 0 Å². The fraction of sp³-hybridized carbons (Fsp3) is 0.316. The van der Waals surface area contributed by atoms with Gasteiger partial charge in [0.2, 0.25) is 0 Å². The Hall–Kier alpha value is -2.89. The number of methoxy groups -OCH3 is 1. The number of hydrogen-bond acceptors (Lipinski definition) is 5. The first-order valence-electron chi connectivity index (χ1n) is 8.13. The zero-order valence-electron chi connectivity index (χ0n) is 14.5. The molecule has 1 aromatic carbocycles. The second-order valence-electron chi connectivity index (χ2n) is 5.33. The third-order valence-corrected chi connectivity index (χ3v) is 3.57. The minimum Gasteiger partial charge on any atom is -0.497 e. The zero-order chi connectivity index (χ0) is 18.1. The van der Waals surface area contributed by atoms with Crippen molar-refractivity contribution in [1.29, 1.82) is 0 Å². The first-order chi connectivity index (χ1) is 12.1. The lowest BCUT2D eigenvalue weighted by Crippen LogP contribution is -2.33. The van der Waals surface area contributed by atoms with Crippen molar-refractivity contribution in [1.82, 2.24) is 9.88 Å². The van der Waals surface area contributed by atoms with Gasteiger partial charge in [-0.25, -0.2) is 0 Å². The van der Waals surface area contributed by atoms with Gasteiger partial charge in [-0.2, -0.15) is 0 Å². The Bertz CT molecular complexity index is 704. The predicted molar refractivity (Wildman–Crippen MR) is 93.2 cm³/mol. The first-order valence-corrected chi connectivity index (χ1v) is 8.13. The molecule has 0 aliphatic carbocycles. The van der Waals surface area contributed by atoms with E-state index in [1.807, 2.05) is 18.2 Å². The van der Waals surface area contributed by atoms with E-state index in [1.54, 1.807) is 49.4 Å². The molecule has 0 fully saturated rings. The number of rotatable bonds is 8. The molecule has 0 aliphatic rings. The summed E-state index contributed by atoms with van der Waals surface area (Å²) >= 11 is 0. The minimum absolute atomic E-state index is 0.135. The second-order valence-corrected chi connectivity index (χ2v) is 5.33. The molecule has 0 atom stereocenters. The first kappa shape index (κ1) is 18.4. The smallest absolute Gasteiger partial charge is 0.307 e. The van der Waals surface area contributed by atoms with Gasteiger partial charge < -0.3 is 14.4 Å². The van der Waals surface area contributed by atoms with Gasteiger partial charge >= 0.3 is 5.97 Å². The van der Waals surface area contributed by atoms with E-state index >= 15 is 0 Å². The van der Waals surface area contributed by atoms with Crippen LogP contribution in [0.4, 0.5) is 0 Å². The van der Waals surface area contributed by atoms with E-state index in [4.69, 9.17) is 9.47 Å². The quantitative estimate of drug-likeness (QED) is 0.690. The average molecular weight is 342 g/mol. The van der Waals surface area contributed by atoms with Gasteiger partial charge in [-0.1, -0.05) is 12.1 Å². The second kappa shape index (κ2) is 9.42. The van der Waals surface area contributed by atoms with Gasteiger partial charge in [0.25, 0.3) is 5.91 Å². The summed E-state index contributed by atoms with van der Waals surface area (Å²) in [5.74, 6) is 0.0924. The van der Waals surface area contributed by atoms with Crippen molar-refractivity contribution in [3.05, 3.63) is 59.9 Å². The summed E-state index contributed by atoms with van der Waals surface area (Å²) in [6.07, 6.45) is 1.81. The molecule has 0 radical (unpaired) electrons. The maximum atomic E-state index is 12.9. The molecule has 0 aliphatic heterocycles. The lowest BCUT2D eigenvalue weighted by molar-refractivity contribution is -0.143. The average Bonchev–Trinajstić information content (AvgIpc) is 2.65. The number of aromatic nitrogens is 1. The molecule has 1 heterocycles. The molecule has 6 heteroatoms. The van der Waals surface area contributed by atoms with Crippen molar-refractivity contribution < 1.29 is 19.1 Å². The molecule has 0 saturated carbocycles. The summed E-state index contributed by atoms with van der Waals surface area (Å²) in [4.78, 5) is 30.4. The number of pyridine rings is 1. The Morgan fingerprint density at radius 2 is 2.00 bits per heavy atom. The third-order valence-electron chi connectivity index (χ3n) is 3.57. The fourth-order valence-electron chi connectivity index (χ4n) is 2.34. The Morgan fingerprint density at radius 1 is 1.16 bits per heavy atom. The van der Waals surface area contributed by atoms with E-state index in [-0.39, 0.29) is 24.8 Å². The number of amides is 1. The van der Waals surface area contributed by atoms with Crippen molar-refractivity contribution in [2.45, 2.75) is 19.9 Å². The molecule has 0 saturated heterocycles. The minimum atomic E-state index is -0.327. The molecule has 1 amide bonds. The molecule has 0 bridgehead atoms. The van der Waals surface area contributed by atoms with E-state index in [2.05, 4.69) is 4.98 Å². The highest BCUT2D eigenvalue weighted by atomic mass is 16.5. The van der Waals surface area contributed by atoms with Gasteiger partial charge in [0, 0.05) is 18.3 Å². The van der Waals surface area contributed by atoms with Crippen molar-refractivity contribution in [3.8, 4) is 5.75 Å². The standard InChI is InChI=1S/C19H22N2O4/c1-3-25-18(22)10-12-21(14-16-8-4-5-11-20-16)19(23)15-7-6-9-17(13-15)24-2/h4-9,11,13H,3,10,12,14H2,1-2H3. The number of esters is 1. The van der Waals surface area contributed by atoms with E-state index in [9.17, 15) is 9.59 Å². The number of carbonyl (C=O) groups excluding carboxylic acids is 2. The lowest BCUT2D eigenvalue weighted by Gasteiger charge is -2.22. The van der Waals surface area contributed by atoms with Crippen molar-refractivity contribution in [2.24, 2.45) is 0 Å². The van der Waals surface area contributed by atoms with E-state index < -0.39 is 0 Å². The molecule has 1 aromatic heterocycles. The van der Waals surface area contributed by atoms with Gasteiger partial charge in [0.1, 0.15) is 5.75 Å². The van der Waals surface area contributed by atoms with Crippen molar-refractivity contribution >= 4 is 11.9 Å². The number of ether oxygens (including phenoxy) is 2. The zero-order valence-corrected chi connectivity index (χ0v) is 14.5. The molecule has 2 rings (SSSR count). The normalized spacial score (nSPS) is 10.2. The van der Waals surface area contributed by atoms with Crippen LogP contribution in [-0.2, 0) is 16.1 Å². The van der Waals surface area contributed by atoms with Crippen molar-refractivity contribution in [2.75, 3.05) is 20.3 Å². The lowest BCUT2D eigenvalue weighted by atomic mass is 10.1. The number of carbonyl (C=O) groups is 2. The van der Waals surface area contributed by atoms with E-state index in [0.29, 0.717) is 24.5 Å². The molecule has 25 heavy (non-hydrogen) atoms. The largest absolute Gasteiger partial charge is 0.497 e. The van der Waals surface area contributed by atoms with Crippen LogP contribution in [-0.4, -0.2) is 42.0 Å². The van der Waals surface area contributed by atoms with Gasteiger partial charge in [-0.15, -0.1) is 0 Å². The van der Waals surface area contributed by atoms with Crippen molar-refractivity contribution in [3.63, 3.8) is 0 Å². The number of nitrogens with zero attached hydrogens (tertiary/aromatic N) is 2. The van der Waals surface area contributed by atoms with Crippen LogP contribution in [0, 0.1) is 0 Å². The molecule has 0 unspecified atom stereocenters. The monoisotopic (exact) mass is 342 g/mol. The van der Waals surface area contributed by atoms with Crippen LogP contribution >= 0.6 is 0 Å². The molecular formula is C19H22N2O4. The molecule has 6 nitrogen and oxygen atoms in total. The highest BCUT2D eigenvalue weighted by molar-refractivity contribution is 5.94. The van der Waals surface area contributed by atoms with Gasteiger partial charge in [0.05, 0.1) is 32.4 Å². The molecule has 0 spiro atoms. The predicted octanol–water partition coefficient (Wildman–Crippen LogP) is 2.69. The Kier molecular flexibility index (Phi) is 6.95. The molecule has 2 aromatic rings. The summed E-state index contributed by atoms with van der Waals surface area (Å²) < 4.78 is 10.1. The fourth-order valence-corrected chi connectivity index (χ4v) is 2.34. The maximum absolute atomic E-state index is 12.9. The number of benzene rings is 1. The summed E-state index contributed by atoms with van der Waals surface area (Å²) in [6.45, 7) is 2.65.